The van der Waals surface area contributed by atoms with Crippen LogP contribution >= 0.6 is 11.6 Å². The summed E-state index contributed by atoms with van der Waals surface area (Å²) in [6.07, 6.45) is 2.40. The van der Waals surface area contributed by atoms with Gasteiger partial charge < -0.3 is 9.64 Å². The molecule has 1 amide bonds. The van der Waals surface area contributed by atoms with Crippen molar-refractivity contribution in [1.29, 1.82) is 0 Å². The number of rotatable bonds is 7. The van der Waals surface area contributed by atoms with Crippen LogP contribution in [0, 0.1) is 11.8 Å². The molecule has 88 valence electrons. The Morgan fingerprint density at radius 3 is 2.67 bits per heavy atom. The van der Waals surface area contributed by atoms with Crippen LogP contribution in [0.15, 0.2) is 0 Å². The monoisotopic (exact) mass is 233 g/mol. The van der Waals surface area contributed by atoms with Crippen LogP contribution in [-0.2, 0) is 9.53 Å². The van der Waals surface area contributed by atoms with E-state index >= 15 is 0 Å². The summed E-state index contributed by atoms with van der Waals surface area (Å²) >= 11 is 5.68. The Labute approximate surface area is 96.7 Å². The maximum atomic E-state index is 12.0. The Bertz CT molecular complexity index is 207. The number of hydrogen-bond donors (Lipinski definition) is 0. The summed E-state index contributed by atoms with van der Waals surface area (Å²) in [7, 11) is 1.65. The van der Waals surface area contributed by atoms with Gasteiger partial charge in [-0.25, -0.2) is 0 Å². The van der Waals surface area contributed by atoms with E-state index < -0.39 is 0 Å². The maximum Gasteiger partial charge on any atom is 0.225 e. The van der Waals surface area contributed by atoms with E-state index in [9.17, 15) is 4.79 Å². The van der Waals surface area contributed by atoms with Crippen molar-refractivity contribution >= 4 is 17.5 Å². The smallest absolute Gasteiger partial charge is 0.225 e. The Morgan fingerprint density at radius 2 is 2.20 bits per heavy atom. The van der Waals surface area contributed by atoms with Gasteiger partial charge in [-0.1, -0.05) is 6.92 Å². The summed E-state index contributed by atoms with van der Waals surface area (Å²) < 4.78 is 4.99. The van der Waals surface area contributed by atoms with Crippen LogP contribution in [0.3, 0.4) is 0 Å². The predicted octanol–water partition coefficient (Wildman–Crippen LogP) is 1.75. The van der Waals surface area contributed by atoms with Crippen molar-refractivity contribution in [3.8, 4) is 0 Å². The molecular formula is C11H20ClNO2. The molecule has 0 spiro atoms. The second-order valence-electron chi connectivity index (χ2n) is 4.13. The molecule has 0 radical (unpaired) electrons. The number of ether oxygens (including phenoxy) is 1. The zero-order chi connectivity index (χ0) is 11.3. The Morgan fingerprint density at radius 1 is 1.53 bits per heavy atom. The summed E-state index contributed by atoms with van der Waals surface area (Å²) in [5.74, 6) is 1.49. The molecule has 1 fully saturated rings. The van der Waals surface area contributed by atoms with E-state index in [4.69, 9.17) is 16.3 Å². The normalized spacial score (nSPS) is 17.5. The first-order chi connectivity index (χ1) is 7.20. The first-order valence-corrected chi connectivity index (χ1v) is 6.07. The molecule has 4 heteroatoms. The van der Waals surface area contributed by atoms with Crippen LogP contribution in [0.25, 0.3) is 0 Å². The summed E-state index contributed by atoms with van der Waals surface area (Å²) in [5.41, 5.74) is 0. The summed E-state index contributed by atoms with van der Waals surface area (Å²) in [4.78, 5) is 13.9. The fourth-order valence-electron chi connectivity index (χ4n) is 1.72. The Kier molecular flexibility index (Phi) is 5.40. The standard InChI is InChI=1S/C11H20ClNO2/c1-9(10-3-4-10)11(14)13(6-5-12)7-8-15-2/h9-10H,3-8H2,1-2H3. The first-order valence-electron chi connectivity index (χ1n) is 5.54. The summed E-state index contributed by atoms with van der Waals surface area (Å²) in [6.45, 7) is 3.88. The zero-order valence-electron chi connectivity index (χ0n) is 9.54. The van der Waals surface area contributed by atoms with Crippen LogP contribution in [0.2, 0.25) is 0 Å². The van der Waals surface area contributed by atoms with E-state index in [1.807, 2.05) is 11.8 Å². The van der Waals surface area contributed by atoms with Gasteiger partial charge in [-0.15, -0.1) is 11.6 Å². The highest BCUT2D eigenvalue weighted by Gasteiger charge is 2.34. The molecule has 15 heavy (non-hydrogen) atoms. The van der Waals surface area contributed by atoms with Crippen molar-refractivity contribution in [2.75, 3.05) is 32.7 Å². The molecule has 1 rings (SSSR count). The molecular weight excluding hydrogens is 214 g/mol. The highest BCUT2D eigenvalue weighted by molar-refractivity contribution is 6.18. The molecule has 3 nitrogen and oxygen atoms in total. The molecule has 1 unspecified atom stereocenters. The number of carbonyl (C=O) groups is 1. The summed E-state index contributed by atoms with van der Waals surface area (Å²) in [6, 6.07) is 0. The van der Waals surface area contributed by atoms with Gasteiger partial charge in [-0.05, 0) is 18.8 Å². The van der Waals surface area contributed by atoms with Crippen molar-refractivity contribution in [2.24, 2.45) is 11.8 Å². The average Bonchev–Trinajstić information content (AvgIpc) is 3.05. The zero-order valence-corrected chi connectivity index (χ0v) is 10.3. The number of halogens is 1. The van der Waals surface area contributed by atoms with Crippen LogP contribution in [0.4, 0.5) is 0 Å². The molecule has 1 aliphatic rings. The number of alkyl halides is 1. The van der Waals surface area contributed by atoms with Crippen molar-refractivity contribution < 1.29 is 9.53 Å². The van der Waals surface area contributed by atoms with E-state index in [1.165, 1.54) is 12.8 Å². The van der Waals surface area contributed by atoms with Crippen LogP contribution < -0.4 is 0 Å². The number of nitrogens with zero attached hydrogens (tertiary/aromatic N) is 1. The fraction of sp³-hybridized carbons (Fsp3) is 0.909. The van der Waals surface area contributed by atoms with E-state index in [-0.39, 0.29) is 11.8 Å². The summed E-state index contributed by atoms with van der Waals surface area (Å²) in [5, 5.41) is 0. The van der Waals surface area contributed by atoms with Crippen LogP contribution in [-0.4, -0.2) is 43.5 Å². The number of amides is 1. The first kappa shape index (κ1) is 12.8. The van der Waals surface area contributed by atoms with Gasteiger partial charge in [0.25, 0.3) is 0 Å². The second-order valence-corrected chi connectivity index (χ2v) is 4.51. The number of hydrogen-bond acceptors (Lipinski definition) is 2. The lowest BCUT2D eigenvalue weighted by Gasteiger charge is -2.24. The van der Waals surface area contributed by atoms with Gasteiger partial charge in [0.05, 0.1) is 6.61 Å². The third-order valence-electron chi connectivity index (χ3n) is 2.95. The van der Waals surface area contributed by atoms with E-state index in [0.29, 0.717) is 31.5 Å². The van der Waals surface area contributed by atoms with Gasteiger partial charge in [0.15, 0.2) is 0 Å². The van der Waals surface area contributed by atoms with E-state index in [1.54, 1.807) is 7.11 Å². The SMILES string of the molecule is COCCN(CCCl)C(=O)C(C)C1CC1. The van der Waals surface area contributed by atoms with Crippen molar-refractivity contribution in [2.45, 2.75) is 19.8 Å². The van der Waals surface area contributed by atoms with Crippen molar-refractivity contribution in [3.05, 3.63) is 0 Å². The van der Waals surface area contributed by atoms with Crippen molar-refractivity contribution in [1.82, 2.24) is 4.90 Å². The van der Waals surface area contributed by atoms with Crippen LogP contribution in [0.1, 0.15) is 19.8 Å². The molecule has 0 aromatic heterocycles. The molecule has 1 saturated carbocycles. The maximum absolute atomic E-state index is 12.0. The number of carbonyl (C=O) groups excluding carboxylic acids is 1. The molecule has 0 aromatic carbocycles. The van der Waals surface area contributed by atoms with Gasteiger partial charge >= 0.3 is 0 Å². The minimum absolute atomic E-state index is 0.157. The Hall–Kier alpha value is -0.280. The quantitative estimate of drug-likeness (QED) is 0.627. The Balaban J connectivity index is 2.41. The topological polar surface area (TPSA) is 29.5 Å². The van der Waals surface area contributed by atoms with E-state index in [2.05, 4.69) is 0 Å². The molecule has 1 atom stereocenters. The van der Waals surface area contributed by atoms with Gasteiger partial charge in [0.1, 0.15) is 0 Å². The molecule has 0 heterocycles. The third kappa shape index (κ3) is 3.99. The van der Waals surface area contributed by atoms with Gasteiger partial charge in [0.2, 0.25) is 5.91 Å². The lowest BCUT2D eigenvalue weighted by atomic mass is 10.1. The molecule has 0 saturated heterocycles. The molecule has 1 aliphatic carbocycles. The average molecular weight is 234 g/mol. The molecule has 0 N–H and O–H groups in total. The lowest BCUT2D eigenvalue weighted by Crippen LogP contribution is -2.39. The fourth-order valence-corrected chi connectivity index (χ4v) is 1.93. The predicted molar refractivity (Wildman–Crippen MR) is 61.1 cm³/mol. The number of methoxy groups -OCH3 is 1. The molecule has 0 aromatic rings. The third-order valence-corrected chi connectivity index (χ3v) is 3.12. The minimum atomic E-state index is 0.157. The minimum Gasteiger partial charge on any atom is -0.383 e. The highest BCUT2D eigenvalue weighted by Crippen LogP contribution is 2.37. The second kappa shape index (κ2) is 6.33. The van der Waals surface area contributed by atoms with Crippen molar-refractivity contribution in [3.63, 3.8) is 0 Å². The lowest BCUT2D eigenvalue weighted by molar-refractivity contribution is -0.136. The molecule has 0 aliphatic heterocycles. The van der Waals surface area contributed by atoms with Gasteiger partial charge in [0, 0.05) is 32.0 Å². The van der Waals surface area contributed by atoms with Crippen LogP contribution in [0.5, 0.6) is 0 Å². The van der Waals surface area contributed by atoms with Gasteiger partial charge in [-0.2, -0.15) is 0 Å². The van der Waals surface area contributed by atoms with E-state index in [0.717, 1.165) is 0 Å². The largest absolute Gasteiger partial charge is 0.383 e. The highest BCUT2D eigenvalue weighted by atomic mass is 35.5. The van der Waals surface area contributed by atoms with Gasteiger partial charge in [-0.3, -0.25) is 4.79 Å². The molecule has 0 bridgehead atoms.